The molecule has 0 saturated carbocycles. The highest BCUT2D eigenvalue weighted by Gasteiger charge is 2.14. The van der Waals surface area contributed by atoms with Crippen molar-refractivity contribution < 1.29 is 41.7 Å². The predicted molar refractivity (Wildman–Crippen MR) is 42.3 cm³/mol. The topological polar surface area (TPSA) is 227 Å². The van der Waals surface area contributed by atoms with E-state index in [2.05, 4.69) is 0 Å². The quantitative estimate of drug-likeness (QED) is 0.412. The van der Waals surface area contributed by atoms with E-state index in [1.165, 1.54) is 0 Å². The highest BCUT2D eigenvalue weighted by Crippen LogP contribution is 1.86. The lowest BCUT2D eigenvalue weighted by atomic mass is 10.2. The number of carboxylic acid groups (broad SMARTS) is 2. The fraction of sp³-hybridized carbons (Fsp3) is 0.500. The molecule has 84 valence electrons. The van der Waals surface area contributed by atoms with Crippen LogP contribution in [-0.4, -0.2) is 50.1 Å². The summed E-state index contributed by atoms with van der Waals surface area (Å²) in [4.78, 5) is 19.6. The Bertz CT molecular complexity index is 136. The lowest BCUT2D eigenvalue weighted by molar-refractivity contribution is -0.144. The minimum atomic E-state index is -1.29. The van der Waals surface area contributed by atoms with Crippen molar-refractivity contribution in [2.75, 3.05) is 0 Å². The molecule has 0 unspecified atom stereocenters. The van der Waals surface area contributed by atoms with Gasteiger partial charge in [0.25, 0.3) is 0 Å². The summed E-state index contributed by atoms with van der Waals surface area (Å²) in [7, 11) is 0. The molecular weight excluding hydrogens is 190 g/mol. The minimum absolute atomic E-state index is 0. The number of hydrogen-bond donors (Lipinski definition) is 3. The Hall–Kier alpha value is -1.26. The molecule has 13 heavy (non-hydrogen) atoms. The molecule has 0 amide bonds. The molecule has 0 fully saturated rings. The Balaban J connectivity index is -0.0000000533. The molecule has 0 spiro atoms. The van der Waals surface area contributed by atoms with Crippen LogP contribution in [0.25, 0.3) is 0 Å². The summed E-state index contributed by atoms with van der Waals surface area (Å²) in [6.07, 6.45) is -0.532. The normalized spacial score (nSPS) is 8.69. The third-order valence-electron chi connectivity index (χ3n) is 0.712. The SMILES string of the molecule is N[C@@H](CC(=O)O)C(=O)O.O.O.O.O. The Kier molecular flexibility index (Phi) is 30.6. The van der Waals surface area contributed by atoms with Crippen molar-refractivity contribution in [1.82, 2.24) is 0 Å². The van der Waals surface area contributed by atoms with E-state index >= 15 is 0 Å². The van der Waals surface area contributed by atoms with Gasteiger partial charge in [-0.15, -0.1) is 0 Å². The zero-order chi connectivity index (χ0) is 7.44. The van der Waals surface area contributed by atoms with E-state index in [9.17, 15) is 9.59 Å². The molecular formula is C4H15NO8. The van der Waals surface area contributed by atoms with Gasteiger partial charge in [-0.3, -0.25) is 9.59 Å². The van der Waals surface area contributed by atoms with Gasteiger partial charge in [0.05, 0.1) is 6.42 Å². The molecule has 0 radical (unpaired) electrons. The average molecular weight is 205 g/mol. The van der Waals surface area contributed by atoms with Crippen molar-refractivity contribution in [2.24, 2.45) is 5.73 Å². The fourth-order valence-electron chi connectivity index (χ4n) is 0.275. The third kappa shape index (κ3) is 18.1. The summed E-state index contributed by atoms with van der Waals surface area (Å²) < 4.78 is 0. The number of carboxylic acids is 2. The highest BCUT2D eigenvalue weighted by molar-refractivity contribution is 5.80. The van der Waals surface area contributed by atoms with E-state index in [1.54, 1.807) is 0 Å². The van der Waals surface area contributed by atoms with Gasteiger partial charge >= 0.3 is 11.9 Å². The van der Waals surface area contributed by atoms with Crippen molar-refractivity contribution in [3.63, 3.8) is 0 Å². The standard InChI is InChI=1S/C4H7NO4.4H2O/c5-2(4(8)9)1-3(6)7;;;;/h2H,1,5H2,(H,6,7)(H,8,9);4*1H2/t2-;;;;/m0..../s1. The lowest BCUT2D eigenvalue weighted by Crippen LogP contribution is -2.32. The monoisotopic (exact) mass is 205 g/mol. The molecule has 12 N–H and O–H groups in total. The van der Waals surface area contributed by atoms with Crippen LogP contribution in [0.4, 0.5) is 0 Å². The van der Waals surface area contributed by atoms with Crippen molar-refractivity contribution in [1.29, 1.82) is 0 Å². The molecule has 1 atom stereocenters. The first-order valence-corrected chi connectivity index (χ1v) is 2.24. The van der Waals surface area contributed by atoms with Crippen LogP contribution in [0.5, 0.6) is 0 Å². The zero-order valence-corrected chi connectivity index (χ0v) is 6.57. The second-order valence-corrected chi connectivity index (χ2v) is 1.54. The summed E-state index contributed by atoms with van der Waals surface area (Å²) in [5.74, 6) is -2.50. The first-order valence-electron chi connectivity index (χ1n) is 2.24. The smallest absolute Gasteiger partial charge is 0.321 e. The third-order valence-corrected chi connectivity index (χ3v) is 0.712. The van der Waals surface area contributed by atoms with Crippen LogP contribution in [0.1, 0.15) is 6.42 Å². The average Bonchev–Trinajstić information content (AvgIpc) is 1.63. The number of nitrogens with two attached hydrogens (primary N) is 1. The summed E-state index contributed by atoms with van der Waals surface area (Å²) in [6, 6.07) is -1.29. The van der Waals surface area contributed by atoms with Crippen LogP contribution in [-0.2, 0) is 9.59 Å². The summed E-state index contributed by atoms with van der Waals surface area (Å²) in [5.41, 5.74) is 4.84. The van der Waals surface area contributed by atoms with Gasteiger partial charge in [0.15, 0.2) is 0 Å². The van der Waals surface area contributed by atoms with Crippen molar-refractivity contribution in [3.8, 4) is 0 Å². The molecule has 0 saturated heterocycles. The first-order chi connectivity index (χ1) is 4.04. The maximum Gasteiger partial charge on any atom is 0.321 e. The van der Waals surface area contributed by atoms with Gasteiger partial charge in [-0.1, -0.05) is 0 Å². The van der Waals surface area contributed by atoms with Crippen LogP contribution in [0, 0.1) is 0 Å². The van der Waals surface area contributed by atoms with Gasteiger partial charge in [0.1, 0.15) is 6.04 Å². The van der Waals surface area contributed by atoms with Gasteiger partial charge in [0.2, 0.25) is 0 Å². The fourth-order valence-corrected chi connectivity index (χ4v) is 0.275. The van der Waals surface area contributed by atoms with E-state index in [-0.39, 0.29) is 21.9 Å². The Morgan fingerprint density at radius 3 is 1.46 bits per heavy atom. The molecule has 0 rings (SSSR count). The molecule has 0 heterocycles. The molecule has 0 aliphatic heterocycles. The number of hydrogen-bond acceptors (Lipinski definition) is 3. The number of rotatable bonds is 3. The molecule has 0 aliphatic rings. The predicted octanol–water partition coefficient (Wildman–Crippen LogP) is -4.43. The summed E-state index contributed by atoms with van der Waals surface area (Å²) in [5, 5.41) is 16.0. The summed E-state index contributed by atoms with van der Waals surface area (Å²) >= 11 is 0. The van der Waals surface area contributed by atoms with Crippen LogP contribution >= 0.6 is 0 Å². The van der Waals surface area contributed by atoms with Crippen molar-refractivity contribution in [2.45, 2.75) is 12.5 Å². The van der Waals surface area contributed by atoms with E-state index in [0.29, 0.717) is 0 Å². The summed E-state index contributed by atoms with van der Waals surface area (Å²) in [6.45, 7) is 0. The molecule has 0 aromatic carbocycles. The van der Waals surface area contributed by atoms with Crippen LogP contribution in [0.3, 0.4) is 0 Å². The molecule has 9 heteroatoms. The molecule has 0 bridgehead atoms. The first kappa shape index (κ1) is 29.8. The van der Waals surface area contributed by atoms with Gasteiger partial charge in [-0.05, 0) is 0 Å². The Morgan fingerprint density at radius 1 is 1.08 bits per heavy atom. The van der Waals surface area contributed by atoms with Crippen molar-refractivity contribution >= 4 is 11.9 Å². The second kappa shape index (κ2) is 13.3. The van der Waals surface area contributed by atoms with Crippen LogP contribution < -0.4 is 5.73 Å². The maximum atomic E-state index is 9.85. The maximum absolute atomic E-state index is 9.85. The lowest BCUT2D eigenvalue weighted by Gasteiger charge is -1.99. The molecule has 0 aliphatic carbocycles. The van der Waals surface area contributed by atoms with E-state index in [4.69, 9.17) is 15.9 Å². The van der Waals surface area contributed by atoms with E-state index in [1.807, 2.05) is 0 Å². The van der Waals surface area contributed by atoms with Crippen molar-refractivity contribution in [3.05, 3.63) is 0 Å². The Morgan fingerprint density at radius 2 is 1.38 bits per heavy atom. The zero-order valence-electron chi connectivity index (χ0n) is 6.57. The van der Waals surface area contributed by atoms with E-state index < -0.39 is 24.4 Å². The molecule has 0 aromatic rings. The molecule has 0 aromatic heterocycles. The second-order valence-electron chi connectivity index (χ2n) is 1.54. The van der Waals surface area contributed by atoms with Gasteiger partial charge < -0.3 is 37.9 Å². The molecule has 9 nitrogen and oxygen atoms in total. The van der Waals surface area contributed by atoms with E-state index in [0.717, 1.165) is 0 Å². The number of aliphatic carboxylic acids is 2. The van der Waals surface area contributed by atoms with Crippen LogP contribution in [0.15, 0.2) is 0 Å². The van der Waals surface area contributed by atoms with Gasteiger partial charge in [-0.2, -0.15) is 0 Å². The minimum Gasteiger partial charge on any atom is -0.481 e. The van der Waals surface area contributed by atoms with Gasteiger partial charge in [0, 0.05) is 0 Å². The Labute approximate surface area is 73.0 Å². The number of carbonyl (C=O) groups is 2. The van der Waals surface area contributed by atoms with Crippen LogP contribution in [0.2, 0.25) is 0 Å². The van der Waals surface area contributed by atoms with Gasteiger partial charge in [-0.25, -0.2) is 0 Å². The largest absolute Gasteiger partial charge is 0.481 e. The highest BCUT2D eigenvalue weighted by atomic mass is 16.4.